The molecule has 0 unspecified atom stereocenters. The number of nitrogens with zero attached hydrogens (tertiary/aromatic N) is 2. The number of benzene rings is 2. The molecule has 1 aromatic heterocycles. The van der Waals surface area contributed by atoms with Gasteiger partial charge in [-0.3, -0.25) is 9.59 Å². The van der Waals surface area contributed by atoms with E-state index in [9.17, 15) is 9.59 Å². The quantitative estimate of drug-likeness (QED) is 0.572. The Morgan fingerprint density at radius 2 is 1.83 bits per heavy atom. The second-order valence-electron chi connectivity index (χ2n) is 7.00. The van der Waals surface area contributed by atoms with Crippen LogP contribution in [0, 0.1) is 13.8 Å². The number of amides is 2. The molecule has 0 aliphatic rings. The van der Waals surface area contributed by atoms with E-state index in [4.69, 9.17) is 0 Å². The summed E-state index contributed by atoms with van der Waals surface area (Å²) in [5.41, 5.74) is 2.54. The van der Waals surface area contributed by atoms with Gasteiger partial charge in [0.25, 0.3) is 11.8 Å². The number of hydrogen-bond donors (Lipinski definition) is 2. The van der Waals surface area contributed by atoms with Gasteiger partial charge in [-0.15, -0.1) is 0 Å². The molecule has 0 saturated carbocycles. The van der Waals surface area contributed by atoms with Crippen LogP contribution in [0.4, 0.5) is 5.69 Å². The highest BCUT2D eigenvalue weighted by Gasteiger charge is 2.13. The zero-order valence-electron chi connectivity index (χ0n) is 16.8. The summed E-state index contributed by atoms with van der Waals surface area (Å²) in [6, 6.07) is 14.4. The third kappa shape index (κ3) is 5.54. The maximum Gasteiger partial charge on any atom is 0.255 e. The molecule has 0 aliphatic carbocycles. The van der Waals surface area contributed by atoms with E-state index in [2.05, 4.69) is 20.2 Å². The van der Waals surface area contributed by atoms with Crippen molar-refractivity contribution < 1.29 is 9.59 Å². The molecular formula is C23H26N4O2. The Hall–Kier alpha value is -3.41. The number of hydrogen-bond acceptors (Lipinski definition) is 3. The number of anilines is 1. The summed E-state index contributed by atoms with van der Waals surface area (Å²) in [6.45, 7) is 5.37. The van der Waals surface area contributed by atoms with E-state index in [1.807, 2.05) is 38.2 Å². The van der Waals surface area contributed by atoms with Gasteiger partial charge in [0, 0.05) is 31.0 Å². The zero-order valence-corrected chi connectivity index (χ0v) is 16.8. The summed E-state index contributed by atoms with van der Waals surface area (Å²) < 4.78 is 2.10. The van der Waals surface area contributed by atoms with Crippen LogP contribution in [0.3, 0.4) is 0 Å². The van der Waals surface area contributed by atoms with Crippen LogP contribution in [0.2, 0.25) is 0 Å². The number of imidazole rings is 1. The first-order valence-corrected chi connectivity index (χ1v) is 9.77. The van der Waals surface area contributed by atoms with E-state index >= 15 is 0 Å². The molecular weight excluding hydrogens is 364 g/mol. The molecule has 150 valence electrons. The lowest BCUT2D eigenvalue weighted by molar-refractivity contribution is 0.0953. The summed E-state index contributed by atoms with van der Waals surface area (Å²) in [5, 5.41) is 5.79. The molecule has 0 aliphatic heterocycles. The summed E-state index contributed by atoms with van der Waals surface area (Å²) in [6.07, 6.45) is 5.56. The monoisotopic (exact) mass is 390 g/mol. The van der Waals surface area contributed by atoms with Gasteiger partial charge < -0.3 is 15.2 Å². The Morgan fingerprint density at radius 3 is 2.59 bits per heavy atom. The van der Waals surface area contributed by atoms with Crippen molar-refractivity contribution >= 4 is 17.5 Å². The minimum atomic E-state index is -0.232. The van der Waals surface area contributed by atoms with Gasteiger partial charge in [-0.05, 0) is 51.0 Å². The van der Waals surface area contributed by atoms with Gasteiger partial charge in [-0.1, -0.05) is 29.8 Å². The van der Waals surface area contributed by atoms with Crippen molar-refractivity contribution in [2.24, 2.45) is 0 Å². The summed E-state index contributed by atoms with van der Waals surface area (Å²) in [5.74, 6) is 0.570. The van der Waals surface area contributed by atoms with Gasteiger partial charge in [0.2, 0.25) is 0 Å². The molecule has 0 radical (unpaired) electrons. The van der Waals surface area contributed by atoms with Crippen molar-refractivity contribution in [1.29, 1.82) is 0 Å². The fraction of sp³-hybridized carbons (Fsp3) is 0.261. The van der Waals surface area contributed by atoms with Crippen molar-refractivity contribution in [2.45, 2.75) is 33.2 Å². The molecule has 0 bridgehead atoms. The summed E-state index contributed by atoms with van der Waals surface area (Å²) in [4.78, 5) is 29.3. The van der Waals surface area contributed by atoms with Crippen LogP contribution in [0.15, 0.2) is 60.9 Å². The number of aromatic nitrogens is 2. The molecule has 0 fully saturated rings. The van der Waals surface area contributed by atoms with E-state index in [1.54, 1.807) is 36.5 Å². The lowest BCUT2D eigenvalue weighted by atomic mass is 10.1. The Kier molecular flexibility index (Phi) is 6.79. The molecule has 0 saturated heterocycles. The van der Waals surface area contributed by atoms with Crippen molar-refractivity contribution in [3.8, 4) is 0 Å². The van der Waals surface area contributed by atoms with Crippen LogP contribution in [0.25, 0.3) is 0 Å². The third-order valence-corrected chi connectivity index (χ3v) is 4.74. The lowest BCUT2D eigenvalue weighted by Crippen LogP contribution is -2.26. The summed E-state index contributed by atoms with van der Waals surface area (Å²) >= 11 is 0. The molecule has 6 heteroatoms. The first-order chi connectivity index (χ1) is 14.0. The molecule has 2 aromatic carbocycles. The van der Waals surface area contributed by atoms with Crippen molar-refractivity contribution in [1.82, 2.24) is 14.9 Å². The van der Waals surface area contributed by atoms with E-state index in [1.165, 1.54) is 0 Å². The number of para-hydroxylation sites is 1. The van der Waals surface area contributed by atoms with Crippen LogP contribution in [0.1, 0.15) is 44.9 Å². The number of carbonyl (C=O) groups excluding carboxylic acids is 2. The van der Waals surface area contributed by atoms with Gasteiger partial charge in [0.1, 0.15) is 5.82 Å². The Labute approximate surface area is 171 Å². The Bertz CT molecular complexity index is 994. The van der Waals surface area contributed by atoms with Gasteiger partial charge in [0.15, 0.2) is 0 Å². The summed E-state index contributed by atoms with van der Waals surface area (Å²) in [7, 11) is 0. The van der Waals surface area contributed by atoms with Gasteiger partial charge in [0.05, 0.1) is 11.3 Å². The number of unbranched alkanes of at least 4 members (excludes halogenated alkanes) is 1. The molecule has 2 N–H and O–H groups in total. The third-order valence-electron chi connectivity index (χ3n) is 4.74. The zero-order chi connectivity index (χ0) is 20.6. The van der Waals surface area contributed by atoms with Gasteiger partial charge in [-0.25, -0.2) is 4.98 Å². The molecule has 6 nitrogen and oxygen atoms in total. The van der Waals surface area contributed by atoms with Crippen LogP contribution in [0.5, 0.6) is 0 Å². The molecule has 3 aromatic rings. The maximum atomic E-state index is 12.6. The number of carbonyl (C=O) groups is 2. The molecule has 29 heavy (non-hydrogen) atoms. The average molecular weight is 390 g/mol. The predicted molar refractivity (Wildman–Crippen MR) is 114 cm³/mol. The minimum Gasteiger partial charge on any atom is -0.352 e. The van der Waals surface area contributed by atoms with E-state index in [0.717, 1.165) is 30.8 Å². The SMILES string of the molecule is Cc1cccc(C(=O)Nc2ccccc2C(=O)NCCCCn2ccnc2C)c1. The van der Waals surface area contributed by atoms with Crippen molar-refractivity contribution in [3.63, 3.8) is 0 Å². The number of nitrogens with one attached hydrogen (secondary N) is 2. The fourth-order valence-electron chi connectivity index (χ4n) is 3.12. The molecule has 2 amide bonds. The molecule has 1 heterocycles. The largest absolute Gasteiger partial charge is 0.352 e. The van der Waals surface area contributed by atoms with Crippen molar-refractivity contribution in [2.75, 3.05) is 11.9 Å². The second-order valence-corrected chi connectivity index (χ2v) is 7.00. The highest BCUT2D eigenvalue weighted by Crippen LogP contribution is 2.17. The number of aryl methyl sites for hydroxylation is 3. The van der Waals surface area contributed by atoms with E-state index < -0.39 is 0 Å². The molecule has 0 atom stereocenters. The second kappa shape index (κ2) is 9.68. The normalized spacial score (nSPS) is 10.6. The van der Waals surface area contributed by atoms with Crippen LogP contribution < -0.4 is 10.6 Å². The first kappa shape index (κ1) is 20.3. The standard InChI is InChI=1S/C23H26N4O2/c1-17-8-7-9-19(16-17)22(28)26-21-11-4-3-10-20(21)23(29)25-12-5-6-14-27-15-13-24-18(27)2/h3-4,7-11,13,15-16H,5-6,12,14H2,1-2H3,(H,25,29)(H,26,28). The predicted octanol–water partition coefficient (Wildman–Crippen LogP) is 3.96. The fourth-order valence-corrected chi connectivity index (χ4v) is 3.12. The Balaban J connectivity index is 1.54. The van der Waals surface area contributed by atoms with Gasteiger partial charge >= 0.3 is 0 Å². The Morgan fingerprint density at radius 1 is 1.00 bits per heavy atom. The average Bonchev–Trinajstić information content (AvgIpc) is 3.12. The minimum absolute atomic E-state index is 0.191. The highest BCUT2D eigenvalue weighted by molar-refractivity contribution is 6.09. The first-order valence-electron chi connectivity index (χ1n) is 9.77. The topological polar surface area (TPSA) is 76.0 Å². The van der Waals surface area contributed by atoms with Gasteiger partial charge in [-0.2, -0.15) is 0 Å². The molecule has 0 spiro atoms. The number of rotatable bonds is 8. The van der Waals surface area contributed by atoms with E-state index in [0.29, 0.717) is 23.4 Å². The van der Waals surface area contributed by atoms with Crippen LogP contribution in [-0.2, 0) is 6.54 Å². The maximum absolute atomic E-state index is 12.6. The lowest BCUT2D eigenvalue weighted by Gasteiger charge is -2.12. The molecule has 3 rings (SSSR count). The van der Waals surface area contributed by atoms with Crippen LogP contribution >= 0.6 is 0 Å². The van der Waals surface area contributed by atoms with Crippen LogP contribution in [-0.4, -0.2) is 27.9 Å². The smallest absolute Gasteiger partial charge is 0.255 e. The highest BCUT2D eigenvalue weighted by atomic mass is 16.2. The van der Waals surface area contributed by atoms with Crippen molar-refractivity contribution in [3.05, 3.63) is 83.4 Å². The van der Waals surface area contributed by atoms with E-state index in [-0.39, 0.29) is 11.8 Å².